The van der Waals surface area contributed by atoms with Crippen LogP contribution in [0.4, 0.5) is 0 Å². The van der Waals surface area contributed by atoms with Gasteiger partial charge in [-0.3, -0.25) is 4.79 Å². The molecule has 1 heterocycles. The number of ether oxygens (including phenoxy) is 1. The molecule has 6 heteroatoms. The van der Waals surface area contributed by atoms with Gasteiger partial charge >= 0.3 is 0 Å². The Morgan fingerprint density at radius 2 is 2.35 bits per heavy atom. The standard InChI is InChI=1S/C14H17N3O2S/c1-19-10-4-5-12-11(8-10)16-14(20)17(12)7-6-13(18)15-9-2-3-9/h4-5,8-9H,2-3,6-7H2,1H3,(H,15,18)(H,16,20). The van der Waals surface area contributed by atoms with Crippen LogP contribution in [0, 0.1) is 4.77 Å². The van der Waals surface area contributed by atoms with Crippen molar-refractivity contribution in [3.05, 3.63) is 23.0 Å². The molecule has 1 aliphatic rings. The average Bonchev–Trinajstić information content (AvgIpc) is 3.18. The first-order chi connectivity index (χ1) is 9.67. The fraction of sp³-hybridized carbons (Fsp3) is 0.429. The molecular weight excluding hydrogens is 274 g/mol. The van der Waals surface area contributed by atoms with Crippen LogP contribution in [0.2, 0.25) is 0 Å². The number of methoxy groups -OCH3 is 1. The number of imidazole rings is 1. The Labute approximate surface area is 121 Å². The fourth-order valence-electron chi connectivity index (χ4n) is 2.23. The zero-order chi connectivity index (χ0) is 14.1. The third-order valence-corrected chi connectivity index (χ3v) is 3.81. The van der Waals surface area contributed by atoms with Gasteiger partial charge in [0.1, 0.15) is 5.75 Å². The van der Waals surface area contributed by atoms with E-state index in [-0.39, 0.29) is 5.91 Å². The minimum atomic E-state index is 0.0947. The molecule has 1 saturated carbocycles. The van der Waals surface area contributed by atoms with Gasteiger partial charge in [-0.05, 0) is 37.2 Å². The van der Waals surface area contributed by atoms with Crippen LogP contribution in [-0.4, -0.2) is 28.6 Å². The van der Waals surface area contributed by atoms with Gasteiger partial charge < -0.3 is 19.6 Å². The van der Waals surface area contributed by atoms with Gasteiger partial charge in [0, 0.05) is 25.1 Å². The number of benzene rings is 1. The van der Waals surface area contributed by atoms with E-state index in [2.05, 4.69) is 10.3 Å². The molecule has 0 aliphatic heterocycles. The highest BCUT2D eigenvalue weighted by Crippen LogP contribution is 2.21. The van der Waals surface area contributed by atoms with E-state index < -0.39 is 0 Å². The molecule has 1 amide bonds. The Hall–Kier alpha value is -1.82. The van der Waals surface area contributed by atoms with Crippen LogP contribution in [0.5, 0.6) is 5.75 Å². The first kappa shape index (κ1) is 13.2. The number of amides is 1. The summed E-state index contributed by atoms with van der Waals surface area (Å²) in [6, 6.07) is 6.17. The molecule has 0 unspecified atom stereocenters. The van der Waals surface area contributed by atoms with E-state index in [9.17, 15) is 4.79 Å². The molecule has 2 N–H and O–H groups in total. The Balaban J connectivity index is 1.78. The number of aromatic nitrogens is 2. The summed E-state index contributed by atoms with van der Waals surface area (Å²) in [5, 5.41) is 2.99. The normalized spacial score (nSPS) is 14.4. The second-order valence-electron chi connectivity index (χ2n) is 5.06. The van der Waals surface area contributed by atoms with E-state index in [0.29, 0.717) is 23.8 Å². The molecule has 0 spiro atoms. The van der Waals surface area contributed by atoms with Crippen LogP contribution in [0.3, 0.4) is 0 Å². The molecule has 1 aliphatic carbocycles. The van der Waals surface area contributed by atoms with E-state index in [0.717, 1.165) is 29.6 Å². The number of fused-ring (bicyclic) bond motifs is 1. The molecule has 106 valence electrons. The number of aromatic amines is 1. The summed E-state index contributed by atoms with van der Waals surface area (Å²) in [6.07, 6.45) is 2.67. The summed E-state index contributed by atoms with van der Waals surface area (Å²) in [4.78, 5) is 14.9. The molecule has 1 aromatic heterocycles. The van der Waals surface area contributed by atoms with Crippen LogP contribution in [0.15, 0.2) is 18.2 Å². The second-order valence-corrected chi connectivity index (χ2v) is 5.44. The van der Waals surface area contributed by atoms with Crippen molar-refractivity contribution >= 4 is 29.2 Å². The number of H-pyrrole nitrogens is 1. The first-order valence-electron chi connectivity index (χ1n) is 6.73. The number of aryl methyl sites for hydroxylation is 1. The molecule has 0 radical (unpaired) electrons. The lowest BCUT2D eigenvalue weighted by molar-refractivity contribution is -0.121. The van der Waals surface area contributed by atoms with Gasteiger partial charge in [-0.1, -0.05) is 0 Å². The monoisotopic (exact) mass is 291 g/mol. The minimum Gasteiger partial charge on any atom is -0.497 e. The van der Waals surface area contributed by atoms with E-state index in [4.69, 9.17) is 17.0 Å². The Morgan fingerprint density at radius 3 is 3.05 bits per heavy atom. The molecule has 1 fully saturated rings. The largest absolute Gasteiger partial charge is 0.497 e. The first-order valence-corrected chi connectivity index (χ1v) is 7.14. The zero-order valence-corrected chi connectivity index (χ0v) is 12.1. The van der Waals surface area contributed by atoms with E-state index in [1.165, 1.54) is 0 Å². The molecule has 0 atom stereocenters. The van der Waals surface area contributed by atoms with Gasteiger partial charge in [0.15, 0.2) is 4.77 Å². The van der Waals surface area contributed by atoms with Crippen molar-refractivity contribution in [2.24, 2.45) is 0 Å². The topological polar surface area (TPSA) is 59.0 Å². The summed E-state index contributed by atoms with van der Waals surface area (Å²) in [7, 11) is 1.63. The van der Waals surface area contributed by atoms with Gasteiger partial charge in [0.2, 0.25) is 5.91 Å². The number of nitrogens with one attached hydrogen (secondary N) is 2. The van der Waals surface area contributed by atoms with Gasteiger partial charge in [-0.25, -0.2) is 0 Å². The average molecular weight is 291 g/mol. The summed E-state index contributed by atoms with van der Waals surface area (Å²) < 4.78 is 7.78. The van der Waals surface area contributed by atoms with Crippen LogP contribution in [0.1, 0.15) is 19.3 Å². The third-order valence-electron chi connectivity index (χ3n) is 3.49. The van der Waals surface area contributed by atoms with E-state index in [1.807, 2.05) is 22.8 Å². The van der Waals surface area contributed by atoms with Crippen LogP contribution in [0.25, 0.3) is 11.0 Å². The molecule has 5 nitrogen and oxygen atoms in total. The number of hydrogen-bond donors (Lipinski definition) is 2. The molecule has 1 aromatic carbocycles. The smallest absolute Gasteiger partial charge is 0.222 e. The van der Waals surface area contributed by atoms with Crippen LogP contribution < -0.4 is 10.1 Å². The lowest BCUT2D eigenvalue weighted by Gasteiger charge is -2.06. The highest BCUT2D eigenvalue weighted by atomic mass is 32.1. The maximum absolute atomic E-state index is 11.7. The molecule has 20 heavy (non-hydrogen) atoms. The maximum atomic E-state index is 11.7. The van der Waals surface area contributed by atoms with Crippen molar-refractivity contribution in [3.63, 3.8) is 0 Å². The zero-order valence-electron chi connectivity index (χ0n) is 11.3. The SMILES string of the molecule is COc1ccc2c(c1)[nH]c(=S)n2CCC(=O)NC1CC1. The summed E-state index contributed by atoms with van der Waals surface area (Å²) in [5.41, 5.74) is 1.92. The number of rotatable bonds is 5. The molecular formula is C14H17N3O2S. The van der Waals surface area contributed by atoms with Crippen molar-refractivity contribution in [3.8, 4) is 5.75 Å². The summed E-state index contributed by atoms with van der Waals surface area (Å²) >= 11 is 5.32. The molecule has 0 bridgehead atoms. The summed E-state index contributed by atoms with van der Waals surface area (Å²) in [6.45, 7) is 0.587. The minimum absolute atomic E-state index is 0.0947. The molecule has 2 aromatic rings. The van der Waals surface area contributed by atoms with Crippen molar-refractivity contribution in [2.45, 2.75) is 31.8 Å². The fourth-order valence-corrected chi connectivity index (χ4v) is 2.53. The van der Waals surface area contributed by atoms with Gasteiger partial charge in [0.25, 0.3) is 0 Å². The van der Waals surface area contributed by atoms with Crippen molar-refractivity contribution < 1.29 is 9.53 Å². The number of hydrogen-bond acceptors (Lipinski definition) is 3. The van der Waals surface area contributed by atoms with Gasteiger partial charge in [-0.15, -0.1) is 0 Å². The lowest BCUT2D eigenvalue weighted by atomic mass is 10.3. The van der Waals surface area contributed by atoms with Crippen LogP contribution >= 0.6 is 12.2 Å². The quantitative estimate of drug-likeness (QED) is 0.832. The Kier molecular flexibility index (Phi) is 3.48. The number of nitrogens with zero attached hydrogens (tertiary/aromatic N) is 1. The highest BCUT2D eigenvalue weighted by Gasteiger charge is 2.22. The molecule has 0 saturated heterocycles. The van der Waals surface area contributed by atoms with E-state index in [1.54, 1.807) is 7.11 Å². The second kappa shape index (κ2) is 5.28. The van der Waals surface area contributed by atoms with Gasteiger partial charge in [-0.2, -0.15) is 0 Å². The third kappa shape index (κ3) is 2.70. The Morgan fingerprint density at radius 1 is 1.55 bits per heavy atom. The maximum Gasteiger partial charge on any atom is 0.222 e. The predicted molar refractivity (Wildman–Crippen MR) is 79.5 cm³/mol. The summed E-state index contributed by atoms with van der Waals surface area (Å²) in [5.74, 6) is 0.879. The number of carbonyl (C=O) groups is 1. The highest BCUT2D eigenvalue weighted by molar-refractivity contribution is 7.71. The number of carbonyl (C=O) groups excluding carboxylic acids is 1. The van der Waals surface area contributed by atoms with Crippen molar-refractivity contribution in [1.29, 1.82) is 0 Å². The van der Waals surface area contributed by atoms with Gasteiger partial charge in [0.05, 0.1) is 18.1 Å². The lowest BCUT2D eigenvalue weighted by Crippen LogP contribution is -2.26. The predicted octanol–water partition coefficient (Wildman–Crippen LogP) is 2.38. The van der Waals surface area contributed by atoms with E-state index >= 15 is 0 Å². The molecule has 3 rings (SSSR count). The van der Waals surface area contributed by atoms with Crippen LogP contribution in [-0.2, 0) is 11.3 Å². The van der Waals surface area contributed by atoms with Crippen molar-refractivity contribution in [1.82, 2.24) is 14.9 Å². The Bertz CT molecular complexity index is 700. The van der Waals surface area contributed by atoms with Crippen molar-refractivity contribution in [2.75, 3.05) is 7.11 Å².